The van der Waals surface area contributed by atoms with Gasteiger partial charge in [0, 0.05) is 35.7 Å². The maximum Gasteiger partial charge on any atom is 0.269 e. The molecule has 1 aromatic carbocycles. The lowest BCUT2D eigenvalue weighted by atomic mass is 9.92. The van der Waals surface area contributed by atoms with Gasteiger partial charge in [-0.3, -0.25) is 9.59 Å². The molecule has 1 fully saturated rings. The van der Waals surface area contributed by atoms with Crippen LogP contribution >= 0.6 is 11.8 Å². The van der Waals surface area contributed by atoms with Gasteiger partial charge in [0.05, 0.1) is 4.91 Å². The topological polar surface area (TPSA) is 46.6 Å². The van der Waals surface area contributed by atoms with Crippen LogP contribution in [0.2, 0.25) is 0 Å². The molecule has 1 aromatic rings. The second kappa shape index (κ2) is 5.71. The molecule has 4 rings (SSSR count). The minimum atomic E-state index is -0.503. The first-order valence-corrected chi connectivity index (χ1v) is 9.16. The number of carbonyl (C=O) groups excluding carboxylic acids is 2. The third kappa shape index (κ3) is 2.47. The van der Waals surface area contributed by atoms with E-state index in [0.29, 0.717) is 5.56 Å². The van der Waals surface area contributed by atoms with Gasteiger partial charge in [-0.25, -0.2) is 0 Å². The van der Waals surface area contributed by atoms with Crippen molar-refractivity contribution >= 4 is 33.9 Å². The number of hydrogen-bond donors (Lipinski definition) is 0. The average molecular weight is 329 g/mol. The molecule has 120 valence electrons. The normalized spacial score (nSPS) is 24.2. The van der Waals surface area contributed by atoms with Crippen molar-refractivity contribution in [3.63, 3.8) is 0 Å². The Morgan fingerprint density at radius 1 is 1.09 bits per heavy atom. The number of carbonyl (C=O) groups is 2. The zero-order chi connectivity index (χ0) is 16.0. The summed E-state index contributed by atoms with van der Waals surface area (Å²) < 4.78 is 5.69. The molecule has 1 aliphatic carbocycles. The van der Waals surface area contributed by atoms with Crippen LogP contribution in [0.1, 0.15) is 42.1 Å². The van der Waals surface area contributed by atoms with E-state index in [4.69, 9.17) is 4.74 Å². The van der Waals surface area contributed by atoms with E-state index in [2.05, 4.69) is 11.0 Å². The van der Waals surface area contributed by atoms with Gasteiger partial charge in [-0.05, 0) is 44.4 Å². The van der Waals surface area contributed by atoms with Crippen molar-refractivity contribution in [1.29, 1.82) is 0 Å². The Morgan fingerprint density at radius 2 is 1.87 bits per heavy atom. The highest BCUT2D eigenvalue weighted by Crippen LogP contribution is 2.43. The van der Waals surface area contributed by atoms with Crippen molar-refractivity contribution in [2.24, 2.45) is 0 Å². The van der Waals surface area contributed by atoms with Gasteiger partial charge in [0.15, 0.2) is 5.76 Å². The summed E-state index contributed by atoms with van der Waals surface area (Å²) in [6.45, 7) is 4.03. The molecular weight excluding hydrogens is 310 g/mol. The van der Waals surface area contributed by atoms with Crippen LogP contribution < -0.4 is 4.90 Å². The first-order valence-electron chi connectivity index (χ1n) is 8.17. The molecule has 4 nitrogen and oxygen atoms in total. The zero-order valence-electron chi connectivity index (χ0n) is 13.1. The molecule has 0 N–H and O–H groups in total. The van der Waals surface area contributed by atoms with E-state index < -0.39 is 11.6 Å². The van der Waals surface area contributed by atoms with Crippen molar-refractivity contribution in [2.45, 2.75) is 32.3 Å². The first kappa shape index (κ1) is 14.8. The van der Waals surface area contributed by atoms with E-state index in [9.17, 15) is 9.59 Å². The maximum atomic E-state index is 12.4. The highest BCUT2D eigenvalue weighted by molar-refractivity contribution is 8.08. The highest BCUT2D eigenvalue weighted by Gasteiger charge is 2.37. The van der Waals surface area contributed by atoms with Crippen LogP contribution in [0.4, 0.5) is 5.69 Å². The predicted octanol–water partition coefficient (Wildman–Crippen LogP) is 3.26. The van der Waals surface area contributed by atoms with Gasteiger partial charge < -0.3 is 9.64 Å². The van der Waals surface area contributed by atoms with Crippen LogP contribution in [0, 0.1) is 0 Å². The van der Waals surface area contributed by atoms with Gasteiger partial charge in [-0.1, -0.05) is 0 Å². The summed E-state index contributed by atoms with van der Waals surface area (Å²) in [6, 6.07) is 5.84. The van der Waals surface area contributed by atoms with Gasteiger partial charge in [0.2, 0.25) is 5.78 Å². The van der Waals surface area contributed by atoms with E-state index in [0.717, 1.165) is 35.0 Å². The summed E-state index contributed by atoms with van der Waals surface area (Å²) >= 11 is 1.62. The summed E-state index contributed by atoms with van der Waals surface area (Å²) in [7, 11) is 0. The molecule has 5 heteroatoms. The van der Waals surface area contributed by atoms with E-state index in [1.54, 1.807) is 11.8 Å². The quantitative estimate of drug-likeness (QED) is 0.740. The smallest absolute Gasteiger partial charge is 0.269 e. The lowest BCUT2D eigenvalue weighted by Gasteiger charge is -2.32. The van der Waals surface area contributed by atoms with E-state index in [1.165, 1.54) is 19.3 Å². The minimum Gasteiger partial charge on any atom is -0.484 e. The summed E-state index contributed by atoms with van der Waals surface area (Å²) in [5.74, 6) is 0.103. The number of ether oxygens (including phenoxy) is 1. The Labute approximate surface area is 139 Å². The largest absolute Gasteiger partial charge is 0.484 e. The first-order chi connectivity index (χ1) is 11.1. The SMILES string of the molecule is CC1CSC2=C(O1)C(=O)C(=O)c1ccc(N3CCCCC3)cc12. The van der Waals surface area contributed by atoms with Gasteiger partial charge in [0.1, 0.15) is 6.10 Å². The van der Waals surface area contributed by atoms with E-state index >= 15 is 0 Å². The molecule has 2 aliphatic heterocycles. The molecule has 1 saturated heterocycles. The Bertz CT molecular complexity index is 719. The molecule has 1 atom stereocenters. The van der Waals surface area contributed by atoms with Gasteiger partial charge in [0.25, 0.3) is 5.78 Å². The van der Waals surface area contributed by atoms with Crippen LogP contribution in [0.5, 0.6) is 0 Å². The van der Waals surface area contributed by atoms with Gasteiger partial charge in [-0.15, -0.1) is 11.8 Å². The lowest BCUT2D eigenvalue weighted by molar-refractivity contribution is -0.115. The Hall–Kier alpha value is -1.75. The van der Waals surface area contributed by atoms with Crippen LogP contribution in [0.3, 0.4) is 0 Å². The molecule has 0 aromatic heterocycles. The van der Waals surface area contributed by atoms with Gasteiger partial charge >= 0.3 is 0 Å². The van der Waals surface area contributed by atoms with Crippen LogP contribution in [0.25, 0.3) is 4.91 Å². The number of thioether (sulfide) groups is 1. The standard InChI is InChI=1S/C18H19NO3S/c1-11-10-23-18-14-9-12(19-7-3-2-4-8-19)5-6-13(14)15(20)16(21)17(18)22-11/h5-6,9,11H,2-4,7-8,10H2,1H3. The molecule has 0 amide bonds. The summed E-state index contributed by atoms with van der Waals surface area (Å²) in [5.41, 5.74) is 2.52. The third-order valence-electron chi connectivity index (χ3n) is 4.61. The van der Waals surface area contributed by atoms with Crippen LogP contribution in [-0.4, -0.2) is 36.5 Å². The Morgan fingerprint density at radius 3 is 2.65 bits per heavy atom. The number of rotatable bonds is 1. The predicted molar refractivity (Wildman–Crippen MR) is 91.8 cm³/mol. The number of Topliss-reactive ketones (excluding diaryl/α,β-unsaturated/α-hetero) is 2. The molecule has 0 spiro atoms. The number of nitrogens with zero attached hydrogens (tertiary/aromatic N) is 1. The van der Waals surface area contributed by atoms with Gasteiger partial charge in [-0.2, -0.15) is 0 Å². The molecule has 0 radical (unpaired) electrons. The monoisotopic (exact) mass is 329 g/mol. The van der Waals surface area contributed by atoms with Crippen molar-refractivity contribution in [3.05, 3.63) is 35.1 Å². The molecule has 2 heterocycles. The van der Waals surface area contributed by atoms with Crippen molar-refractivity contribution in [3.8, 4) is 0 Å². The molecular formula is C18H19NO3S. The summed E-state index contributed by atoms with van der Waals surface area (Å²) in [4.78, 5) is 27.9. The van der Waals surface area contributed by atoms with Crippen LogP contribution in [0.15, 0.2) is 24.0 Å². The molecule has 23 heavy (non-hydrogen) atoms. The fraction of sp³-hybridized carbons (Fsp3) is 0.444. The van der Waals surface area contributed by atoms with Crippen molar-refractivity contribution < 1.29 is 14.3 Å². The third-order valence-corrected chi connectivity index (χ3v) is 5.94. The molecule has 0 saturated carbocycles. The Balaban J connectivity index is 1.79. The number of benzene rings is 1. The van der Waals surface area contributed by atoms with Crippen LogP contribution in [-0.2, 0) is 9.53 Å². The minimum absolute atomic E-state index is 0.0395. The molecule has 1 unspecified atom stereocenters. The Kier molecular flexibility index (Phi) is 3.68. The second-order valence-electron chi connectivity index (χ2n) is 6.33. The van der Waals surface area contributed by atoms with E-state index in [1.807, 2.05) is 19.1 Å². The number of anilines is 1. The van der Waals surface area contributed by atoms with Crippen molar-refractivity contribution in [1.82, 2.24) is 0 Å². The summed E-state index contributed by atoms with van der Waals surface area (Å²) in [6.07, 6.45) is 3.66. The highest BCUT2D eigenvalue weighted by atomic mass is 32.2. The second-order valence-corrected chi connectivity index (χ2v) is 7.36. The molecule has 3 aliphatic rings. The summed E-state index contributed by atoms with van der Waals surface area (Å²) in [5, 5.41) is 0. The molecule has 0 bridgehead atoms. The number of piperidine rings is 1. The number of allylic oxidation sites excluding steroid dienone is 1. The zero-order valence-corrected chi connectivity index (χ0v) is 13.9. The van der Waals surface area contributed by atoms with E-state index in [-0.39, 0.29) is 11.9 Å². The number of fused-ring (bicyclic) bond motifs is 2. The maximum absolute atomic E-state index is 12.4. The average Bonchev–Trinajstić information content (AvgIpc) is 2.60. The lowest BCUT2D eigenvalue weighted by Crippen LogP contribution is -2.32. The fourth-order valence-electron chi connectivity index (χ4n) is 3.40. The number of hydrogen-bond acceptors (Lipinski definition) is 5. The van der Waals surface area contributed by atoms with Crippen molar-refractivity contribution in [2.75, 3.05) is 23.7 Å². The fourth-order valence-corrected chi connectivity index (χ4v) is 4.47. The number of ketones is 2.